The summed E-state index contributed by atoms with van der Waals surface area (Å²) in [5.41, 5.74) is 1.44. The van der Waals surface area contributed by atoms with E-state index in [-0.39, 0.29) is 11.3 Å². The fourth-order valence-electron chi connectivity index (χ4n) is 3.51. The highest BCUT2D eigenvalue weighted by Gasteiger charge is 2.45. The molecule has 1 aliphatic heterocycles. The smallest absolute Gasteiger partial charge is 0.295 e. The monoisotopic (exact) mass is 393 g/mol. The van der Waals surface area contributed by atoms with Gasteiger partial charge >= 0.3 is 0 Å². The van der Waals surface area contributed by atoms with E-state index in [1.165, 1.54) is 0 Å². The number of nitrogens with zero attached hydrogens (tertiary/aromatic N) is 1. The van der Waals surface area contributed by atoms with Crippen LogP contribution >= 0.6 is 0 Å². The van der Waals surface area contributed by atoms with Crippen molar-refractivity contribution < 1.29 is 19.4 Å². The third kappa shape index (κ3) is 4.34. The molecule has 152 valence electrons. The molecule has 2 aromatic rings. The second-order valence-corrected chi connectivity index (χ2v) is 7.13. The number of aliphatic hydroxyl groups excluding tert-OH is 1. The summed E-state index contributed by atoms with van der Waals surface area (Å²) < 4.78 is 5.58. The van der Waals surface area contributed by atoms with E-state index in [0.717, 1.165) is 24.8 Å². The summed E-state index contributed by atoms with van der Waals surface area (Å²) >= 11 is 0. The molecule has 0 spiro atoms. The lowest BCUT2D eigenvalue weighted by molar-refractivity contribution is -0.139. The summed E-state index contributed by atoms with van der Waals surface area (Å²) in [7, 11) is 0. The Morgan fingerprint density at radius 2 is 1.69 bits per heavy atom. The quantitative estimate of drug-likeness (QED) is 0.401. The largest absolute Gasteiger partial charge is 0.507 e. The van der Waals surface area contributed by atoms with E-state index in [1.807, 2.05) is 44.2 Å². The van der Waals surface area contributed by atoms with Crippen molar-refractivity contribution in [2.24, 2.45) is 0 Å². The third-order valence-electron chi connectivity index (χ3n) is 5.01. The van der Waals surface area contributed by atoms with Crippen LogP contribution in [-0.4, -0.2) is 34.8 Å². The Balaban J connectivity index is 2.03. The highest BCUT2D eigenvalue weighted by Crippen LogP contribution is 2.39. The minimum atomic E-state index is -0.640. The summed E-state index contributed by atoms with van der Waals surface area (Å²) in [4.78, 5) is 27.2. The molecule has 1 fully saturated rings. The van der Waals surface area contributed by atoms with E-state index in [0.29, 0.717) is 24.5 Å². The molecule has 0 aliphatic carbocycles. The van der Waals surface area contributed by atoms with Crippen molar-refractivity contribution >= 4 is 17.4 Å². The molecular formula is C24H27NO4. The number of unbranched alkanes of at least 4 members (excludes halogenated alkanes) is 1. The van der Waals surface area contributed by atoms with Gasteiger partial charge in [-0.15, -0.1) is 0 Å². The first kappa shape index (κ1) is 20.6. The zero-order chi connectivity index (χ0) is 20.8. The Kier molecular flexibility index (Phi) is 6.70. The molecule has 1 atom stereocenters. The third-order valence-corrected chi connectivity index (χ3v) is 5.01. The first-order valence-corrected chi connectivity index (χ1v) is 10.1. The first-order chi connectivity index (χ1) is 14.1. The number of rotatable bonds is 8. The van der Waals surface area contributed by atoms with E-state index in [2.05, 4.69) is 0 Å². The number of amides is 1. The molecule has 5 heteroatoms. The number of carbonyl (C=O) groups is 2. The van der Waals surface area contributed by atoms with Gasteiger partial charge in [0.15, 0.2) is 0 Å². The number of hydrogen-bond acceptors (Lipinski definition) is 4. The minimum absolute atomic E-state index is 0.138. The summed E-state index contributed by atoms with van der Waals surface area (Å²) in [6, 6.07) is 15.7. The van der Waals surface area contributed by atoms with Gasteiger partial charge < -0.3 is 14.7 Å². The number of hydrogen-bond donors (Lipinski definition) is 1. The second kappa shape index (κ2) is 9.41. The molecule has 0 aromatic heterocycles. The standard InChI is InChI=1S/C24H27NO4/c1-3-5-15-25-21(17-9-7-6-8-10-17)20(23(27)24(25)28)22(26)18-11-13-19(14-12-18)29-16-4-2/h6-14,21,26H,3-5,15-16H2,1-2H3/b22-20-. The summed E-state index contributed by atoms with van der Waals surface area (Å²) in [6.07, 6.45) is 2.60. The predicted molar refractivity (Wildman–Crippen MR) is 113 cm³/mol. The minimum Gasteiger partial charge on any atom is -0.507 e. The van der Waals surface area contributed by atoms with Crippen molar-refractivity contribution in [2.75, 3.05) is 13.2 Å². The fourth-order valence-corrected chi connectivity index (χ4v) is 3.51. The fraction of sp³-hybridized carbons (Fsp3) is 0.333. The maximum absolute atomic E-state index is 12.9. The van der Waals surface area contributed by atoms with Crippen LogP contribution < -0.4 is 4.74 Å². The number of likely N-dealkylation sites (tertiary alicyclic amines) is 1. The molecule has 1 aliphatic rings. The first-order valence-electron chi connectivity index (χ1n) is 10.1. The zero-order valence-corrected chi connectivity index (χ0v) is 16.9. The van der Waals surface area contributed by atoms with E-state index in [9.17, 15) is 14.7 Å². The normalized spacial score (nSPS) is 18.3. The molecule has 1 amide bonds. The number of ether oxygens (including phenoxy) is 1. The van der Waals surface area contributed by atoms with Gasteiger partial charge in [0.05, 0.1) is 18.2 Å². The van der Waals surface area contributed by atoms with Crippen LogP contribution in [0.3, 0.4) is 0 Å². The molecule has 1 heterocycles. The van der Waals surface area contributed by atoms with Gasteiger partial charge in [0, 0.05) is 12.1 Å². The summed E-state index contributed by atoms with van der Waals surface area (Å²) in [5.74, 6) is -0.653. The molecule has 1 N–H and O–H groups in total. The Hall–Kier alpha value is -3.08. The number of aliphatic hydroxyl groups is 1. The number of carbonyl (C=O) groups excluding carboxylic acids is 2. The molecule has 3 rings (SSSR count). The summed E-state index contributed by atoms with van der Waals surface area (Å²) in [6.45, 7) is 5.15. The van der Waals surface area contributed by atoms with Crippen molar-refractivity contribution in [3.8, 4) is 5.75 Å². The number of ketones is 1. The van der Waals surface area contributed by atoms with Crippen molar-refractivity contribution in [3.05, 3.63) is 71.3 Å². The lowest BCUT2D eigenvalue weighted by Gasteiger charge is -2.25. The highest BCUT2D eigenvalue weighted by molar-refractivity contribution is 6.46. The van der Waals surface area contributed by atoms with E-state index >= 15 is 0 Å². The van der Waals surface area contributed by atoms with Gasteiger partial charge in [-0.05, 0) is 42.7 Å². The van der Waals surface area contributed by atoms with Gasteiger partial charge in [0.1, 0.15) is 11.5 Å². The highest BCUT2D eigenvalue weighted by atomic mass is 16.5. The van der Waals surface area contributed by atoms with Crippen molar-refractivity contribution in [1.82, 2.24) is 4.90 Å². The lowest BCUT2D eigenvalue weighted by atomic mass is 9.95. The van der Waals surface area contributed by atoms with Crippen LogP contribution in [0, 0.1) is 0 Å². The Morgan fingerprint density at radius 3 is 2.31 bits per heavy atom. The number of benzene rings is 2. The molecule has 29 heavy (non-hydrogen) atoms. The molecule has 0 radical (unpaired) electrons. The number of Topliss-reactive ketones (excluding diaryl/α,β-unsaturated/α-hetero) is 1. The van der Waals surface area contributed by atoms with Crippen LogP contribution in [-0.2, 0) is 9.59 Å². The van der Waals surface area contributed by atoms with Crippen molar-refractivity contribution in [1.29, 1.82) is 0 Å². The molecular weight excluding hydrogens is 366 g/mol. The van der Waals surface area contributed by atoms with Crippen LogP contribution in [0.2, 0.25) is 0 Å². The second-order valence-electron chi connectivity index (χ2n) is 7.13. The van der Waals surface area contributed by atoms with Crippen molar-refractivity contribution in [3.63, 3.8) is 0 Å². The van der Waals surface area contributed by atoms with Crippen LogP contribution in [0.4, 0.5) is 0 Å². The predicted octanol–water partition coefficient (Wildman–Crippen LogP) is 4.70. The molecule has 1 unspecified atom stereocenters. The zero-order valence-electron chi connectivity index (χ0n) is 16.9. The maximum Gasteiger partial charge on any atom is 0.295 e. The topological polar surface area (TPSA) is 66.8 Å². The maximum atomic E-state index is 12.9. The van der Waals surface area contributed by atoms with E-state index in [1.54, 1.807) is 29.2 Å². The molecule has 5 nitrogen and oxygen atoms in total. The Labute approximate surface area is 171 Å². The van der Waals surface area contributed by atoms with Gasteiger partial charge in [-0.3, -0.25) is 9.59 Å². The SMILES string of the molecule is CCCCN1C(=O)C(=O)/C(=C(\O)c2ccc(OCCC)cc2)C1c1ccccc1. The van der Waals surface area contributed by atoms with Crippen LogP contribution in [0.15, 0.2) is 60.2 Å². The summed E-state index contributed by atoms with van der Waals surface area (Å²) in [5, 5.41) is 11.0. The van der Waals surface area contributed by atoms with E-state index < -0.39 is 17.7 Å². The van der Waals surface area contributed by atoms with Crippen LogP contribution in [0.5, 0.6) is 5.75 Å². The van der Waals surface area contributed by atoms with E-state index in [4.69, 9.17) is 4.74 Å². The van der Waals surface area contributed by atoms with Crippen LogP contribution in [0.25, 0.3) is 5.76 Å². The van der Waals surface area contributed by atoms with Gasteiger partial charge in [0.2, 0.25) is 0 Å². The molecule has 0 saturated carbocycles. The molecule has 1 saturated heterocycles. The van der Waals surface area contributed by atoms with Crippen LogP contribution in [0.1, 0.15) is 50.3 Å². The Bertz CT molecular complexity index is 887. The van der Waals surface area contributed by atoms with Gasteiger partial charge in [-0.2, -0.15) is 0 Å². The van der Waals surface area contributed by atoms with Crippen molar-refractivity contribution in [2.45, 2.75) is 39.2 Å². The lowest BCUT2D eigenvalue weighted by Crippen LogP contribution is -2.30. The van der Waals surface area contributed by atoms with Gasteiger partial charge in [-0.1, -0.05) is 50.6 Å². The Morgan fingerprint density at radius 1 is 1.00 bits per heavy atom. The molecule has 0 bridgehead atoms. The van der Waals surface area contributed by atoms with Gasteiger partial charge in [0.25, 0.3) is 11.7 Å². The molecule has 2 aromatic carbocycles. The average molecular weight is 393 g/mol. The van der Waals surface area contributed by atoms with Gasteiger partial charge in [-0.25, -0.2) is 0 Å². The average Bonchev–Trinajstić information content (AvgIpc) is 3.01.